The van der Waals surface area contributed by atoms with Gasteiger partial charge in [0.25, 0.3) is 0 Å². The summed E-state index contributed by atoms with van der Waals surface area (Å²) < 4.78 is 5.05. The van der Waals surface area contributed by atoms with Crippen LogP contribution >= 0.6 is 0 Å². The van der Waals surface area contributed by atoms with Crippen LogP contribution in [0, 0.1) is 5.92 Å². The second kappa shape index (κ2) is 7.95. The lowest BCUT2D eigenvalue weighted by Gasteiger charge is -2.24. The van der Waals surface area contributed by atoms with Gasteiger partial charge in [-0.15, -0.1) is 0 Å². The van der Waals surface area contributed by atoms with Gasteiger partial charge >= 0.3 is 5.97 Å². The molecule has 1 aliphatic rings. The molecular formula is C18H23NO5. The molecule has 130 valence electrons. The van der Waals surface area contributed by atoms with Crippen molar-refractivity contribution < 1.29 is 24.2 Å². The predicted molar refractivity (Wildman–Crippen MR) is 88.1 cm³/mol. The Bertz CT molecular complexity index is 606. The van der Waals surface area contributed by atoms with Gasteiger partial charge in [0.05, 0.1) is 13.0 Å². The van der Waals surface area contributed by atoms with E-state index in [2.05, 4.69) is 0 Å². The van der Waals surface area contributed by atoms with E-state index in [4.69, 9.17) is 9.84 Å². The van der Waals surface area contributed by atoms with Gasteiger partial charge in [0.2, 0.25) is 5.91 Å². The van der Waals surface area contributed by atoms with Gasteiger partial charge in [-0.2, -0.15) is 0 Å². The third kappa shape index (κ3) is 4.81. The number of ether oxygens (including phenoxy) is 1. The van der Waals surface area contributed by atoms with Crippen molar-refractivity contribution in [3.63, 3.8) is 0 Å². The van der Waals surface area contributed by atoms with Crippen molar-refractivity contribution in [1.82, 2.24) is 4.90 Å². The highest BCUT2D eigenvalue weighted by atomic mass is 16.5. The number of aliphatic carboxylic acids is 1. The van der Waals surface area contributed by atoms with Gasteiger partial charge in [0, 0.05) is 31.0 Å². The number of rotatable bonds is 9. The third-order valence-electron chi connectivity index (χ3n) is 4.18. The van der Waals surface area contributed by atoms with Gasteiger partial charge in [-0.3, -0.25) is 14.4 Å². The van der Waals surface area contributed by atoms with Crippen LogP contribution in [0.3, 0.4) is 0 Å². The number of nitrogens with zero attached hydrogens (tertiary/aromatic N) is 1. The van der Waals surface area contributed by atoms with E-state index < -0.39 is 11.9 Å². The van der Waals surface area contributed by atoms with Crippen molar-refractivity contribution in [3.05, 3.63) is 29.8 Å². The van der Waals surface area contributed by atoms with Crippen LogP contribution in [0.5, 0.6) is 5.75 Å². The van der Waals surface area contributed by atoms with Crippen molar-refractivity contribution in [3.8, 4) is 5.75 Å². The molecule has 0 radical (unpaired) electrons. The number of carbonyl (C=O) groups excluding carboxylic acids is 2. The van der Waals surface area contributed by atoms with Crippen molar-refractivity contribution in [1.29, 1.82) is 0 Å². The molecule has 0 aliphatic heterocycles. The second-order valence-electron chi connectivity index (χ2n) is 6.17. The van der Waals surface area contributed by atoms with Gasteiger partial charge in [0.15, 0.2) is 5.78 Å². The molecule has 0 aromatic heterocycles. The highest BCUT2D eigenvalue weighted by molar-refractivity contribution is 5.98. The highest BCUT2D eigenvalue weighted by Crippen LogP contribution is 2.28. The van der Waals surface area contributed by atoms with Crippen LogP contribution in [0.15, 0.2) is 24.3 Å². The maximum atomic E-state index is 12.4. The number of hydrogen-bond donors (Lipinski definition) is 1. The van der Waals surface area contributed by atoms with E-state index in [0.29, 0.717) is 11.3 Å². The number of hydrogen-bond acceptors (Lipinski definition) is 4. The topological polar surface area (TPSA) is 83.9 Å². The first-order valence-electron chi connectivity index (χ1n) is 8.12. The molecule has 6 nitrogen and oxygen atoms in total. The zero-order valence-electron chi connectivity index (χ0n) is 14.0. The third-order valence-corrected chi connectivity index (χ3v) is 4.18. The molecule has 1 amide bonds. The molecule has 1 fully saturated rings. The van der Waals surface area contributed by atoms with Crippen molar-refractivity contribution >= 4 is 17.7 Å². The summed E-state index contributed by atoms with van der Waals surface area (Å²) in [6.45, 7) is 1.79. The molecule has 1 unspecified atom stereocenters. The SMILES string of the molecule is COc1ccc(C(=O)CCC(=O)N(CC(C)C(=O)O)C2CC2)cc1. The molecule has 24 heavy (non-hydrogen) atoms. The van der Waals surface area contributed by atoms with Crippen molar-refractivity contribution in [2.24, 2.45) is 5.92 Å². The minimum absolute atomic E-state index is 0.104. The summed E-state index contributed by atoms with van der Waals surface area (Å²) in [5.41, 5.74) is 0.542. The number of carboxylic acid groups (broad SMARTS) is 1. The van der Waals surface area contributed by atoms with Crippen LogP contribution in [-0.2, 0) is 9.59 Å². The number of carbonyl (C=O) groups is 3. The largest absolute Gasteiger partial charge is 0.497 e. The summed E-state index contributed by atoms with van der Waals surface area (Å²) >= 11 is 0. The molecule has 0 saturated heterocycles. The van der Waals surface area contributed by atoms with E-state index in [-0.39, 0.29) is 37.1 Å². The summed E-state index contributed by atoms with van der Waals surface area (Å²) in [6.07, 6.45) is 2.04. The van der Waals surface area contributed by atoms with E-state index >= 15 is 0 Å². The van der Waals surface area contributed by atoms with Crippen LogP contribution in [0.2, 0.25) is 0 Å². The number of benzene rings is 1. The highest BCUT2D eigenvalue weighted by Gasteiger charge is 2.34. The van der Waals surface area contributed by atoms with E-state index in [1.54, 1.807) is 43.2 Å². The predicted octanol–water partition coefficient (Wildman–Crippen LogP) is 2.37. The van der Waals surface area contributed by atoms with Gasteiger partial charge in [0.1, 0.15) is 5.75 Å². The number of amides is 1. The number of methoxy groups -OCH3 is 1. The first kappa shape index (κ1) is 18.0. The summed E-state index contributed by atoms with van der Waals surface area (Å²) in [7, 11) is 1.56. The quantitative estimate of drug-likeness (QED) is 0.701. The minimum atomic E-state index is -0.914. The molecular weight excluding hydrogens is 310 g/mol. The Labute approximate surface area is 141 Å². The van der Waals surface area contributed by atoms with Crippen LogP contribution in [-0.4, -0.2) is 47.4 Å². The molecule has 0 spiro atoms. The van der Waals surface area contributed by atoms with Gasteiger partial charge < -0.3 is 14.7 Å². The summed E-state index contributed by atoms with van der Waals surface area (Å²) in [6, 6.07) is 6.91. The zero-order chi connectivity index (χ0) is 17.7. The first-order valence-corrected chi connectivity index (χ1v) is 8.12. The molecule has 0 bridgehead atoms. The van der Waals surface area contributed by atoms with Crippen LogP contribution in [0.1, 0.15) is 43.0 Å². The van der Waals surface area contributed by atoms with Gasteiger partial charge in [-0.05, 0) is 37.1 Å². The molecule has 0 heterocycles. The Balaban J connectivity index is 1.89. The average Bonchev–Trinajstić information content (AvgIpc) is 3.41. The van der Waals surface area contributed by atoms with Gasteiger partial charge in [-0.1, -0.05) is 6.92 Å². The maximum Gasteiger partial charge on any atom is 0.308 e. The van der Waals surface area contributed by atoms with E-state index in [1.165, 1.54) is 0 Å². The Morgan fingerprint density at radius 3 is 2.33 bits per heavy atom. The average molecular weight is 333 g/mol. The lowest BCUT2D eigenvalue weighted by molar-refractivity contribution is -0.143. The zero-order valence-corrected chi connectivity index (χ0v) is 14.0. The molecule has 6 heteroatoms. The Morgan fingerprint density at radius 1 is 1.21 bits per heavy atom. The van der Waals surface area contributed by atoms with E-state index in [9.17, 15) is 14.4 Å². The standard InChI is InChI=1S/C18H23NO5/c1-12(18(22)23)11-19(14-5-6-14)17(21)10-9-16(20)13-3-7-15(24-2)8-4-13/h3-4,7-8,12,14H,5-6,9-11H2,1-2H3,(H,22,23). The van der Waals surface area contributed by atoms with Crippen LogP contribution < -0.4 is 4.74 Å². The molecule has 1 atom stereocenters. The fraction of sp³-hybridized carbons (Fsp3) is 0.500. The van der Waals surface area contributed by atoms with E-state index in [1.807, 2.05) is 0 Å². The Kier molecular flexibility index (Phi) is 5.95. The lowest BCUT2D eigenvalue weighted by atomic mass is 10.1. The fourth-order valence-corrected chi connectivity index (χ4v) is 2.50. The number of carboxylic acids is 1. The molecule has 1 aromatic rings. The molecule has 2 rings (SSSR count). The first-order chi connectivity index (χ1) is 11.4. The summed E-state index contributed by atoms with van der Waals surface area (Å²) in [4.78, 5) is 37.2. The van der Waals surface area contributed by atoms with Crippen LogP contribution in [0.4, 0.5) is 0 Å². The summed E-state index contributed by atoms with van der Waals surface area (Å²) in [5, 5.41) is 9.02. The van der Waals surface area contributed by atoms with Crippen LogP contribution in [0.25, 0.3) is 0 Å². The van der Waals surface area contributed by atoms with Crippen molar-refractivity contribution in [2.45, 2.75) is 38.6 Å². The van der Waals surface area contributed by atoms with E-state index in [0.717, 1.165) is 12.8 Å². The molecule has 1 aromatic carbocycles. The lowest BCUT2D eigenvalue weighted by Crippen LogP contribution is -2.38. The van der Waals surface area contributed by atoms with Gasteiger partial charge in [-0.25, -0.2) is 0 Å². The van der Waals surface area contributed by atoms with Crippen molar-refractivity contribution in [2.75, 3.05) is 13.7 Å². The smallest absolute Gasteiger partial charge is 0.308 e. The summed E-state index contributed by atoms with van der Waals surface area (Å²) in [5.74, 6) is -1.10. The second-order valence-corrected chi connectivity index (χ2v) is 6.17. The normalized spacial score (nSPS) is 14.8. The molecule has 1 N–H and O–H groups in total. The minimum Gasteiger partial charge on any atom is -0.497 e. The Hall–Kier alpha value is -2.37. The number of ketones is 1. The number of Topliss-reactive ketones (excluding diaryl/α,β-unsaturated/α-hetero) is 1. The fourth-order valence-electron chi connectivity index (χ4n) is 2.50. The maximum absolute atomic E-state index is 12.4. The Morgan fingerprint density at radius 2 is 1.83 bits per heavy atom. The molecule has 1 saturated carbocycles. The monoisotopic (exact) mass is 333 g/mol. The molecule has 1 aliphatic carbocycles.